The molecule has 102 valence electrons. The number of rotatable bonds is 5. The smallest absolute Gasteiger partial charge is 0.134 e. The van der Waals surface area contributed by atoms with E-state index in [0.717, 1.165) is 21.5 Å². The number of aromatic nitrogens is 3. The quantitative estimate of drug-likeness (QED) is 0.917. The second-order valence-electron chi connectivity index (χ2n) is 4.36. The molecule has 0 amide bonds. The molecule has 2 rings (SSSR count). The normalized spacial score (nSPS) is 12.4. The minimum atomic E-state index is 0.217. The van der Waals surface area contributed by atoms with Crippen molar-refractivity contribution in [3.63, 3.8) is 0 Å². The molecule has 1 aromatic carbocycles. The van der Waals surface area contributed by atoms with Crippen molar-refractivity contribution in [2.45, 2.75) is 19.6 Å². The van der Waals surface area contributed by atoms with Gasteiger partial charge in [0.05, 0.1) is 6.20 Å². The summed E-state index contributed by atoms with van der Waals surface area (Å²) in [7, 11) is 3.77. The second-order valence-corrected chi connectivity index (χ2v) is 5.28. The second kappa shape index (κ2) is 6.16. The number of aryl methyl sites for hydroxylation is 1. The monoisotopic (exact) mass is 324 g/mol. The van der Waals surface area contributed by atoms with E-state index in [1.54, 1.807) is 4.68 Å². The predicted octanol–water partition coefficient (Wildman–Crippen LogP) is 2.44. The number of hydrogen-bond donors (Lipinski definition) is 1. The molecule has 0 aliphatic rings. The lowest BCUT2D eigenvalue weighted by atomic mass is 10.1. The first kappa shape index (κ1) is 14.0. The van der Waals surface area contributed by atoms with Crippen LogP contribution >= 0.6 is 15.9 Å². The Balaban J connectivity index is 2.15. The van der Waals surface area contributed by atoms with E-state index in [4.69, 9.17) is 4.74 Å². The standard InChI is InChI=1S/C13H17BrN4O/c1-9(15-2)12-6-10(14)4-5-13(12)19-8-11-7-18(3)17-16-11/h4-7,9,15H,8H2,1-3H3. The lowest BCUT2D eigenvalue weighted by molar-refractivity contribution is 0.295. The highest BCUT2D eigenvalue weighted by Gasteiger charge is 2.11. The third-order valence-electron chi connectivity index (χ3n) is 2.90. The van der Waals surface area contributed by atoms with Gasteiger partial charge < -0.3 is 10.1 Å². The van der Waals surface area contributed by atoms with Gasteiger partial charge in [-0.3, -0.25) is 4.68 Å². The van der Waals surface area contributed by atoms with Crippen LogP contribution in [-0.2, 0) is 13.7 Å². The number of hydrogen-bond acceptors (Lipinski definition) is 4. The van der Waals surface area contributed by atoms with Gasteiger partial charge in [-0.1, -0.05) is 21.1 Å². The van der Waals surface area contributed by atoms with Crippen LogP contribution in [0.5, 0.6) is 5.75 Å². The number of nitrogens with zero attached hydrogens (tertiary/aromatic N) is 3. The highest BCUT2D eigenvalue weighted by molar-refractivity contribution is 9.10. The number of ether oxygens (including phenoxy) is 1. The van der Waals surface area contributed by atoms with E-state index < -0.39 is 0 Å². The van der Waals surface area contributed by atoms with Gasteiger partial charge in [-0.2, -0.15) is 0 Å². The fourth-order valence-corrected chi connectivity index (χ4v) is 2.14. The van der Waals surface area contributed by atoms with E-state index in [0.29, 0.717) is 6.61 Å². The Kier molecular flexibility index (Phi) is 4.55. The first-order valence-electron chi connectivity index (χ1n) is 6.05. The van der Waals surface area contributed by atoms with Gasteiger partial charge in [0.25, 0.3) is 0 Å². The van der Waals surface area contributed by atoms with Crippen molar-refractivity contribution < 1.29 is 4.74 Å². The van der Waals surface area contributed by atoms with Gasteiger partial charge in [0.1, 0.15) is 18.1 Å². The molecule has 1 N–H and O–H groups in total. The largest absolute Gasteiger partial charge is 0.487 e. The van der Waals surface area contributed by atoms with Crippen LogP contribution in [0.15, 0.2) is 28.9 Å². The van der Waals surface area contributed by atoms with Gasteiger partial charge in [-0.15, -0.1) is 5.10 Å². The molecule has 19 heavy (non-hydrogen) atoms. The Morgan fingerprint density at radius 1 is 1.47 bits per heavy atom. The molecule has 0 saturated heterocycles. The Morgan fingerprint density at radius 2 is 2.26 bits per heavy atom. The molecule has 0 saturated carbocycles. The topological polar surface area (TPSA) is 52.0 Å². The maximum atomic E-state index is 5.84. The summed E-state index contributed by atoms with van der Waals surface area (Å²) in [6.07, 6.45) is 1.85. The maximum absolute atomic E-state index is 5.84. The van der Waals surface area contributed by atoms with Crippen molar-refractivity contribution in [3.8, 4) is 5.75 Å². The van der Waals surface area contributed by atoms with Crippen molar-refractivity contribution in [1.29, 1.82) is 0 Å². The van der Waals surface area contributed by atoms with Crippen molar-refractivity contribution in [2.24, 2.45) is 7.05 Å². The minimum absolute atomic E-state index is 0.217. The van der Waals surface area contributed by atoms with Crippen LogP contribution in [0, 0.1) is 0 Å². The van der Waals surface area contributed by atoms with Crippen LogP contribution in [0.4, 0.5) is 0 Å². The fraction of sp³-hybridized carbons (Fsp3) is 0.385. The Labute approximate surface area is 121 Å². The lowest BCUT2D eigenvalue weighted by Gasteiger charge is -2.16. The molecule has 0 radical (unpaired) electrons. The van der Waals surface area contributed by atoms with Crippen molar-refractivity contribution in [1.82, 2.24) is 20.3 Å². The fourth-order valence-electron chi connectivity index (χ4n) is 1.76. The summed E-state index contributed by atoms with van der Waals surface area (Å²) in [5, 5.41) is 11.1. The van der Waals surface area contributed by atoms with Crippen LogP contribution in [0.1, 0.15) is 24.2 Å². The third-order valence-corrected chi connectivity index (χ3v) is 3.39. The summed E-state index contributed by atoms with van der Waals surface area (Å²) in [6, 6.07) is 6.21. The molecule has 0 spiro atoms. The molecule has 0 aliphatic carbocycles. The van der Waals surface area contributed by atoms with Crippen LogP contribution < -0.4 is 10.1 Å². The summed E-state index contributed by atoms with van der Waals surface area (Å²) in [5.41, 5.74) is 1.93. The predicted molar refractivity (Wildman–Crippen MR) is 77.0 cm³/mol. The van der Waals surface area contributed by atoms with Gasteiger partial charge in [0.2, 0.25) is 0 Å². The average molecular weight is 325 g/mol. The Bertz CT molecular complexity index is 555. The first-order chi connectivity index (χ1) is 9.10. The third kappa shape index (κ3) is 3.54. The van der Waals surface area contributed by atoms with Crippen LogP contribution in [-0.4, -0.2) is 22.0 Å². The van der Waals surface area contributed by atoms with E-state index in [9.17, 15) is 0 Å². The molecule has 5 nitrogen and oxygen atoms in total. The average Bonchev–Trinajstić information content (AvgIpc) is 2.82. The zero-order chi connectivity index (χ0) is 13.8. The Hall–Kier alpha value is -1.40. The van der Waals surface area contributed by atoms with Gasteiger partial charge in [0.15, 0.2) is 0 Å². The molecule has 1 aromatic heterocycles. The number of nitrogens with one attached hydrogen (secondary N) is 1. The van der Waals surface area contributed by atoms with E-state index in [-0.39, 0.29) is 6.04 Å². The van der Waals surface area contributed by atoms with Crippen LogP contribution in [0.25, 0.3) is 0 Å². The van der Waals surface area contributed by atoms with Crippen molar-refractivity contribution in [3.05, 3.63) is 40.1 Å². The van der Waals surface area contributed by atoms with E-state index in [2.05, 4.69) is 44.5 Å². The summed E-state index contributed by atoms with van der Waals surface area (Å²) < 4.78 is 8.54. The first-order valence-corrected chi connectivity index (χ1v) is 6.84. The van der Waals surface area contributed by atoms with E-state index >= 15 is 0 Å². The van der Waals surface area contributed by atoms with Gasteiger partial charge >= 0.3 is 0 Å². The van der Waals surface area contributed by atoms with Crippen LogP contribution in [0.2, 0.25) is 0 Å². The molecular weight excluding hydrogens is 308 g/mol. The maximum Gasteiger partial charge on any atom is 0.134 e. The van der Waals surface area contributed by atoms with Gasteiger partial charge in [0, 0.05) is 23.1 Å². The number of benzene rings is 1. The van der Waals surface area contributed by atoms with Crippen molar-refractivity contribution in [2.75, 3.05) is 7.05 Å². The van der Waals surface area contributed by atoms with E-state index in [1.165, 1.54) is 0 Å². The van der Waals surface area contributed by atoms with Gasteiger partial charge in [-0.05, 0) is 32.2 Å². The molecule has 6 heteroatoms. The SMILES string of the molecule is CNC(C)c1cc(Br)ccc1OCc1cn(C)nn1. The highest BCUT2D eigenvalue weighted by Crippen LogP contribution is 2.28. The van der Waals surface area contributed by atoms with Crippen LogP contribution in [0.3, 0.4) is 0 Å². The molecule has 2 aromatic rings. The zero-order valence-electron chi connectivity index (χ0n) is 11.2. The van der Waals surface area contributed by atoms with E-state index in [1.807, 2.05) is 32.4 Å². The molecule has 1 atom stereocenters. The number of halogens is 1. The molecule has 1 unspecified atom stereocenters. The molecule has 1 heterocycles. The molecular formula is C13H17BrN4O. The summed E-state index contributed by atoms with van der Waals surface area (Å²) >= 11 is 3.48. The zero-order valence-corrected chi connectivity index (χ0v) is 12.8. The summed E-state index contributed by atoms with van der Waals surface area (Å²) in [5.74, 6) is 0.857. The molecule has 0 aliphatic heterocycles. The van der Waals surface area contributed by atoms with Crippen molar-refractivity contribution >= 4 is 15.9 Å². The lowest BCUT2D eigenvalue weighted by Crippen LogP contribution is -2.13. The summed E-state index contributed by atoms with van der Waals surface area (Å²) in [4.78, 5) is 0. The summed E-state index contributed by atoms with van der Waals surface area (Å²) in [6.45, 7) is 2.51. The molecule has 0 fully saturated rings. The molecule has 0 bridgehead atoms. The highest BCUT2D eigenvalue weighted by atomic mass is 79.9. The van der Waals surface area contributed by atoms with Gasteiger partial charge in [-0.25, -0.2) is 0 Å². The minimum Gasteiger partial charge on any atom is -0.487 e. The Morgan fingerprint density at radius 3 is 2.89 bits per heavy atom.